The van der Waals surface area contributed by atoms with Gasteiger partial charge in [0.1, 0.15) is 5.60 Å². The number of carbonyl (C=O) groups is 1. The van der Waals surface area contributed by atoms with Crippen LogP contribution in [0.2, 0.25) is 0 Å². The molecule has 2 N–H and O–H groups in total. The van der Waals surface area contributed by atoms with Gasteiger partial charge in [-0.25, -0.2) is 9.63 Å². The number of hydrogen-bond donors (Lipinski definition) is 2. The molecule has 0 aliphatic rings. The van der Waals surface area contributed by atoms with Gasteiger partial charge in [0.25, 0.3) is 0 Å². The second-order valence-corrected chi connectivity index (χ2v) is 4.98. The van der Waals surface area contributed by atoms with Crippen molar-refractivity contribution in [3.05, 3.63) is 0 Å². The van der Waals surface area contributed by atoms with Crippen LogP contribution >= 0.6 is 0 Å². The summed E-state index contributed by atoms with van der Waals surface area (Å²) in [5, 5.41) is 16.5. The molecule has 0 heterocycles. The Bertz CT molecular complexity index is 238. The van der Waals surface area contributed by atoms with E-state index in [9.17, 15) is 4.79 Å². The van der Waals surface area contributed by atoms with Crippen molar-refractivity contribution in [2.75, 3.05) is 6.61 Å². The Morgan fingerprint density at radius 2 is 1.89 bits per heavy atom. The Balaban J connectivity index is 3.48. The van der Waals surface area contributed by atoms with E-state index in [0.717, 1.165) is 6.42 Å². The largest absolute Gasteiger partial charge is 0.508 e. The normalized spacial score (nSPS) is 13.5. The summed E-state index contributed by atoms with van der Waals surface area (Å²) in [6.07, 6.45) is 1.02. The average Bonchev–Trinajstić information content (AvgIpc) is 2.12. The van der Waals surface area contributed by atoms with Crippen molar-refractivity contribution in [2.24, 2.45) is 0 Å². The van der Waals surface area contributed by atoms with E-state index in [1.807, 2.05) is 0 Å². The third-order valence-electron chi connectivity index (χ3n) is 1.89. The van der Waals surface area contributed by atoms with Crippen molar-refractivity contribution in [2.45, 2.75) is 58.7 Å². The van der Waals surface area contributed by atoms with Crippen LogP contribution in [0.4, 0.5) is 4.79 Å². The Kier molecular flexibility index (Phi) is 7.85. The molecule has 0 aromatic carbocycles. The van der Waals surface area contributed by atoms with Gasteiger partial charge in [-0.2, -0.15) is 0 Å². The lowest BCUT2D eigenvalue weighted by atomic mass is 10.2. The molecule has 0 saturated heterocycles. The maximum Gasteiger partial charge on any atom is 0.508 e. The minimum atomic E-state index is -0.677. The zero-order valence-corrected chi connectivity index (χ0v) is 11.4. The summed E-state index contributed by atoms with van der Waals surface area (Å²) in [4.78, 5) is 15.7. The summed E-state index contributed by atoms with van der Waals surface area (Å²) in [5.41, 5.74) is -0.550. The predicted molar refractivity (Wildman–Crippen MR) is 62.0 cm³/mol. The first-order valence-corrected chi connectivity index (χ1v) is 5.91. The number of nitrogens with zero attached hydrogens (tertiary/aromatic N) is 1. The van der Waals surface area contributed by atoms with Gasteiger partial charge in [0.2, 0.25) is 0 Å². The highest BCUT2D eigenvalue weighted by molar-refractivity contribution is 5.60. The Morgan fingerprint density at radius 3 is 2.39 bits per heavy atom. The second-order valence-electron chi connectivity index (χ2n) is 4.98. The van der Waals surface area contributed by atoms with E-state index in [0.29, 0.717) is 12.8 Å². The van der Waals surface area contributed by atoms with E-state index in [1.54, 1.807) is 27.7 Å². The summed E-state index contributed by atoms with van der Waals surface area (Å²) in [7, 11) is 0. The van der Waals surface area contributed by atoms with Gasteiger partial charge in [-0.1, -0.05) is 0 Å². The zero-order valence-electron chi connectivity index (χ0n) is 11.4. The molecule has 1 unspecified atom stereocenters. The summed E-state index contributed by atoms with van der Waals surface area (Å²) >= 11 is 0. The molecule has 0 aliphatic carbocycles. The summed E-state index contributed by atoms with van der Waals surface area (Å²) in [6, 6.07) is 0. The molecule has 0 rings (SSSR count). The molecule has 0 saturated carbocycles. The molecule has 7 heteroatoms. The molecule has 108 valence electrons. The van der Waals surface area contributed by atoms with Gasteiger partial charge in [0, 0.05) is 0 Å². The topological polar surface area (TPSA) is 88.5 Å². The third-order valence-corrected chi connectivity index (χ3v) is 1.89. The monoisotopic (exact) mass is 265 g/mol. The second kappa shape index (κ2) is 8.25. The van der Waals surface area contributed by atoms with Crippen LogP contribution in [0.25, 0.3) is 0 Å². The van der Waals surface area contributed by atoms with Crippen LogP contribution in [-0.4, -0.2) is 40.3 Å². The van der Waals surface area contributed by atoms with Crippen molar-refractivity contribution in [1.82, 2.24) is 5.39 Å². The first-order valence-electron chi connectivity index (χ1n) is 5.91. The molecule has 18 heavy (non-hydrogen) atoms. The van der Waals surface area contributed by atoms with E-state index in [2.05, 4.69) is 4.84 Å². The lowest BCUT2D eigenvalue weighted by Crippen LogP contribution is -2.24. The van der Waals surface area contributed by atoms with E-state index in [1.165, 1.54) is 0 Å². The molecule has 0 amide bonds. The number of unbranched alkanes of at least 4 members (excludes halogenated alkanes) is 1. The summed E-state index contributed by atoms with van der Waals surface area (Å²) in [6.45, 7) is 7.27. The maximum absolute atomic E-state index is 11.2. The number of ether oxygens (including phenoxy) is 2. The van der Waals surface area contributed by atoms with Crippen molar-refractivity contribution >= 4 is 6.16 Å². The molecule has 7 nitrogen and oxygen atoms in total. The Hall–Kier alpha value is -0.890. The highest BCUT2D eigenvalue weighted by atomic mass is 17.1. The van der Waals surface area contributed by atoms with Crippen LogP contribution in [0.1, 0.15) is 47.0 Å². The van der Waals surface area contributed by atoms with Crippen LogP contribution in [0.3, 0.4) is 0 Å². The van der Waals surface area contributed by atoms with Crippen LogP contribution in [0, 0.1) is 0 Å². The Morgan fingerprint density at radius 1 is 1.28 bits per heavy atom. The SMILES string of the molecule is CC(CCCCOC(=O)OC(C)(C)C)ON(O)O. The smallest absolute Gasteiger partial charge is 0.434 e. The predicted octanol–water partition coefficient (Wildman–Crippen LogP) is 2.51. The first kappa shape index (κ1) is 17.1. The fourth-order valence-corrected chi connectivity index (χ4v) is 1.18. The lowest BCUT2D eigenvalue weighted by molar-refractivity contribution is -0.503. The van der Waals surface area contributed by atoms with Crippen LogP contribution in [-0.2, 0) is 14.3 Å². The third kappa shape index (κ3) is 11.6. The van der Waals surface area contributed by atoms with Gasteiger partial charge >= 0.3 is 6.16 Å². The first-order chi connectivity index (χ1) is 8.20. The van der Waals surface area contributed by atoms with Crippen LogP contribution < -0.4 is 0 Å². The van der Waals surface area contributed by atoms with Gasteiger partial charge < -0.3 is 9.47 Å². The molecule has 0 radical (unpaired) electrons. The highest BCUT2D eigenvalue weighted by Gasteiger charge is 2.17. The van der Waals surface area contributed by atoms with Gasteiger partial charge in [0.05, 0.1) is 18.1 Å². The van der Waals surface area contributed by atoms with Crippen LogP contribution in [0.15, 0.2) is 0 Å². The minimum Gasteiger partial charge on any atom is -0.434 e. The van der Waals surface area contributed by atoms with Crippen molar-refractivity contribution in [3.63, 3.8) is 0 Å². The van der Waals surface area contributed by atoms with Gasteiger partial charge in [-0.15, -0.1) is 0 Å². The molecular formula is C11H23NO6. The van der Waals surface area contributed by atoms with E-state index in [-0.39, 0.29) is 18.1 Å². The quantitative estimate of drug-likeness (QED) is 0.415. The number of carbonyl (C=O) groups excluding carboxylic acids is 1. The molecule has 0 bridgehead atoms. The molecule has 1 atom stereocenters. The van der Waals surface area contributed by atoms with Crippen molar-refractivity contribution < 1.29 is 29.5 Å². The van der Waals surface area contributed by atoms with E-state index < -0.39 is 11.8 Å². The lowest BCUT2D eigenvalue weighted by Gasteiger charge is -2.18. The molecule has 0 aromatic rings. The summed E-state index contributed by atoms with van der Waals surface area (Å²) < 4.78 is 9.83. The van der Waals surface area contributed by atoms with Crippen molar-refractivity contribution in [1.29, 1.82) is 0 Å². The number of rotatable bonds is 7. The van der Waals surface area contributed by atoms with E-state index in [4.69, 9.17) is 19.9 Å². The van der Waals surface area contributed by atoms with Gasteiger partial charge in [0.15, 0.2) is 0 Å². The highest BCUT2D eigenvalue weighted by Crippen LogP contribution is 2.09. The summed E-state index contributed by atoms with van der Waals surface area (Å²) in [5.74, 6) is 0. The van der Waals surface area contributed by atoms with Gasteiger partial charge in [-0.05, 0) is 47.0 Å². The van der Waals surface area contributed by atoms with E-state index >= 15 is 0 Å². The minimum absolute atomic E-state index is 0.267. The zero-order chi connectivity index (χ0) is 14.2. The average molecular weight is 265 g/mol. The molecule has 0 fully saturated rings. The standard InChI is InChI=1S/C11H23NO6/c1-9(18-12(14)15)7-5-6-8-16-10(13)17-11(2,3)4/h9,14-15H,5-8H2,1-4H3. The number of hydrogen-bond acceptors (Lipinski definition) is 7. The van der Waals surface area contributed by atoms with Gasteiger partial charge in [-0.3, -0.25) is 10.4 Å². The maximum atomic E-state index is 11.2. The molecule has 0 spiro atoms. The molecular weight excluding hydrogens is 242 g/mol. The molecule has 0 aliphatic heterocycles. The van der Waals surface area contributed by atoms with Crippen molar-refractivity contribution in [3.8, 4) is 0 Å². The fourth-order valence-electron chi connectivity index (χ4n) is 1.18. The van der Waals surface area contributed by atoms with Crippen LogP contribution in [0.5, 0.6) is 0 Å². The Labute approximate surface area is 107 Å². The molecule has 0 aromatic heterocycles. The fraction of sp³-hybridized carbons (Fsp3) is 0.909.